The molecule has 1 aromatic carbocycles. The van der Waals surface area contributed by atoms with E-state index in [0.29, 0.717) is 11.7 Å². The van der Waals surface area contributed by atoms with Crippen LogP contribution in [0.5, 0.6) is 0 Å². The number of hydrogen-bond donors (Lipinski definition) is 1. The Labute approximate surface area is 101 Å². The van der Waals surface area contributed by atoms with Crippen molar-refractivity contribution in [2.45, 2.75) is 13.5 Å². The van der Waals surface area contributed by atoms with Crippen molar-refractivity contribution in [1.82, 2.24) is 4.98 Å². The van der Waals surface area contributed by atoms with Gasteiger partial charge >= 0.3 is 0 Å². The van der Waals surface area contributed by atoms with Crippen LogP contribution in [0.3, 0.4) is 0 Å². The Kier molecular flexibility index (Phi) is 3.15. The second kappa shape index (κ2) is 4.59. The van der Waals surface area contributed by atoms with E-state index in [1.165, 1.54) is 0 Å². The van der Waals surface area contributed by atoms with Crippen molar-refractivity contribution in [1.29, 1.82) is 0 Å². The minimum absolute atomic E-state index is 0.119. The molecule has 0 aliphatic carbocycles. The molecular formula is C13H16N2O2. The van der Waals surface area contributed by atoms with Crippen LogP contribution in [-0.2, 0) is 6.61 Å². The van der Waals surface area contributed by atoms with E-state index < -0.39 is 0 Å². The van der Waals surface area contributed by atoms with Gasteiger partial charge in [-0.05, 0) is 25.1 Å². The largest absolute Gasteiger partial charge is 0.438 e. The summed E-state index contributed by atoms with van der Waals surface area (Å²) >= 11 is 0. The van der Waals surface area contributed by atoms with Crippen LogP contribution in [0.15, 0.2) is 28.7 Å². The number of hydrogen-bond acceptors (Lipinski definition) is 4. The van der Waals surface area contributed by atoms with Gasteiger partial charge in [-0.2, -0.15) is 0 Å². The zero-order valence-electron chi connectivity index (χ0n) is 10.3. The number of aromatic nitrogens is 1. The number of rotatable bonds is 3. The highest BCUT2D eigenvalue weighted by Gasteiger charge is 2.11. The van der Waals surface area contributed by atoms with Crippen molar-refractivity contribution in [2.75, 3.05) is 19.0 Å². The fraction of sp³-hybridized carbons (Fsp3) is 0.308. The molecule has 0 radical (unpaired) electrons. The molecule has 0 fully saturated rings. The second-order valence-electron chi connectivity index (χ2n) is 4.13. The summed E-state index contributed by atoms with van der Waals surface area (Å²) in [5.74, 6) is 1.07. The van der Waals surface area contributed by atoms with Crippen molar-refractivity contribution in [3.63, 3.8) is 0 Å². The third-order valence-electron chi connectivity index (χ3n) is 2.65. The topological polar surface area (TPSA) is 49.5 Å². The van der Waals surface area contributed by atoms with Gasteiger partial charge in [0.05, 0.1) is 5.69 Å². The van der Waals surface area contributed by atoms with Crippen molar-refractivity contribution < 1.29 is 9.52 Å². The van der Waals surface area contributed by atoms with Gasteiger partial charge in [-0.3, -0.25) is 0 Å². The van der Waals surface area contributed by atoms with Crippen molar-refractivity contribution in [3.05, 3.63) is 35.7 Å². The quantitative estimate of drug-likeness (QED) is 0.881. The molecule has 0 spiro atoms. The Morgan fingerprint density at radius 2 is 2.12 bits per heavy atom. The molecule has 2 rings (SSSR count). The molecule has 1 N–H and O–H groups in total. The number of anilines is 1. The summed E-state index contributed by atoms with van der Waals surface area (Å²) in [4.78, 5) is 6.33. The molecule has 0 unspecified atom stereocenters. The van der Waals surface area contributed by atoms with E-state index in [-0.39, 0.29) is 6.61 Å². The smallest absolute Gasteiger partial charge is 0.226 e. The predicted molar refractivity (Wildman–Crippen MR) is 66.9 cm³/mol. The lowest BCUT2D eigenvalue weighted by atomic mass is 10.2. The molecule has 0 amide bonds. The zero-order valence-corrected chi connectivity index (χ0v) is 10.3. The molecule has 2 aromatic rings. The molecule has 4 heteroatoms. The first-order valence-corrected chi connectivity index (χ1v) is 5.46. The summed E-state index contributed by atoms with van der Waals surface area (Å²) < 4.78 is 5.50. The lowest BCUT2D eigenvalue weighted by Gasteiger charge is -2.12. The van der Waals surface area contributed by atoms with E-state index in [9.17, 15) is 0 Å². The normalized spacial score (nSPS) is 10.6. The minimum Gasteiger partial charge on any atom is -0.438 e. The molecule has 0 aliphatic heterocycles. The Morgan fingerprint density at radius 1 is 1.35 bits per heavy atom. The molecule has 4 nitrogen and oxygen atoms in total. The van der Waals surface area contributed by atoms with Crippen molar-refractivity contribution >= 4 is 5.69 Å². The van der Waals surface area contributed by atoms with Gasteiger partial charge in [0, 0.05) is 25.3 Å². The maximum Gasteiger partial charge on any atom is 0.226 e. The highest BCUT2D eigenvalue weighted by molar-refractivity contribution is 5.62. The number of aryl methyl sites for hydroxylation is 1. The number of nitrogens with zero attached hydrogens (tertiary/aromatic N) is 2. The fourth-order valence-electron chi connectivity index (χ4n) is 1.62. The highest BCUT2D eigenvalue weighted by atomic mass is 16.4. The molecule has 0 bridgehead atoms. The van der Waals surface area contributed by atoms with E-state index in [2.05, 4.69) is 4.98 Å². The van der Waals surface area contributed by atoms with Gasteiger partial charge in [0.1, 0.15) is 6.61 Å². The molecule has 1 aromatic heterocycles. The average molecular weight is 232 g/mol. The van der Waals surface area contributed by atoms with Crippen molar-refractivity contribution in [2.24, 2.45) is 0 Å². The maximum atomic E-state index is 9.08. The van der Waals surface area contributed by atoms with Crippen LogP contribution in [0.1, 0.15) is 11.5 Å². The summed E-state index contributed by atoms with van der Waals surface area (Å²) in [6, 6.07) is 7.93. The van der Waals surface area contributed by atoms with Crippen LogP contribution < -0.4 is 4.90 Å². The van der Waals surface area contributed by atoms with Crippen LogP contribution in [-0.4, -0.2) is 24.2 Å². The van der Waals surface area contributed by atoms with E-state index in [1.54, 1.807) is 0 Å². The van der Waals surface area contributed by atoms with Crippen molar-refractivity contribution in [3.8, 4) is 11.5 Å². The van der Waals surface area contributed by atoms with Gasteiger partial charge in [-0.25, -0.2) is 4.98 Å². The first kappa shape index (κ1) is 11.7. The van der Waals surface area contributed by atoms with Gasteiger partial charge in [-0.1, -0.05) is 6.07 Å². The van der Waals surface area contributed by atoms with Crippen LogP contribution in [0.4, 0.5) is 5.69 Å². The molecule has 90 valence electrons. The minimum atomic E-state index is -0.119. The van der Waals surface area contributed by atoms with E-state index in [0.717, 1.165) is 16.9 Å². The number of aliphatic hydroxyl groups is 1. The first-order valence-electron chi connectivity index (χ1n) is 5.46. The first-order chi connectivity index (χ1) is 8.11. The summed E-state index contributed by atoms with van der Waals surface area (Å²) in [5, 5.41) is 9.08. The zero-order chi connectivity index (χ0) is 12.4. The summed E-state index contributed by atoms with van der Waals surface area (Å²) in [7, 11) is 3.97. The van der Waals surface area contributed by atoms with Gasteiger partial charge in [0.25, 0.3) is 0 Å². The summed E-state index contributed by atoms with van der Waals surface area (Å²) in [6.45, 7) is 1.71. The third-order valence-corrected chi connectivity index (χ3v) is 2.65. The van der Waals surface area contributed by atoms with Gasteiger partial charge in [-0.15, -0.1) is 0 Å². The molecule has 1 heterocycles. The van der Waals surface area contributed by atoms with Crippen LogP contribution in [0, 0.1) is 6.92 Å². The van der Waals surface area contributed by atoms with Gasteiger partial charge in [0.15, 0.2) is 5.76 Å². The van der Waals surface area contributed by atoms with Gasteiger partial charge < -0.3 is 14.4 Å². The molecule has 0 saturated carbocycles. The number of benzene rings is 1. The van der Waals surface area contributed by atoms with Crippen LogP contribution in [0.2, 0.25) is 0 Å². The number of oxazole rings is 1. The summed E-state index contributed by atoms with van der Waals surface area (Å²) in [5.41, 5.74) is 2.74. The monoisotopic (exact) mass is 232 g/mol. The Bertz CT molecular complexity index is 518. The lowest BCUT2D eigenvalue weighted by Crippen LogP contribution is -2.08. The lowest BCUT2D eigenvalue weighted by molar-refractivity contribution is 0.247. The summed E-state index contributed by atoms with van der Waals surface area (Å²) in [6.07, 6.45) is 0. The SMILES string of the molecule is Cc1nc(-c2cccc(N(C)C)c2)oc1CO. The second-order valence-corrected chi connectivity index (χ2v) is 4.13. The highest BCUT2D eigenvalue weighted by Crippen LogP contribution is 2.25. The average Bonchev–Trinajstić information content (AvgIpc) is 2.71. The molecular weight excluding hydrogens is 216 g/mol. The fourth-order valence-corrected chi connectivity index (χ4v) is 1.62. The van der Waals surface area contributed by atoms with E-state index in [4.69, 9.17) is 9.52 Å². The standard InChI is InChI=1S/C13H16N2O2/c1-9-12(8-16)17-13(14-9)10-5-4-6-11(7-10)15(2)3/h4-7,16H,8H2,1-3H3. The van der Waals surface area contributed by atoms with E-state index >= 15 is 0 Å². The molecule has 17 heavy (non-hydrogen) atoms. The van der Waals surface area contributed by atoms with Crippen LogP contribution >= 0.6 is 0 Å². The third kappa shape index (κ3) is 2.31. The number of aliphatic hydroxyl groups excluding tert-OH is 1. The predicted octanol–water partition coefficient (Wildman–Crippen LogP) is 2.21. The molecule has 0 aliphatic rings. The maximum absolute atomic E-state index is 9.08. The van der Waals surface area contributed by atoms with E-state index in [1.807, 2.05) is 50.2 Å². The Morgan fingerprint density at radius 3 is 2.71 bits per heavy atom. The Balaban J connectivity index is 2.41. The Hall–Kier alpha value is -1.81. The molecule has 0 atom stereocenters. The molecule has 0 saturated heterocycles. The van der Waals surface area contributed by atoms with Gasteiger partial charge in [0.2, 0.25) is 5.89 Å². The van der Waals surface area contributed by atoms with Crippen LogP contribution in [0.25, 0.3) is 11.5 Å².